The molecule has 0 amide bonds. The van der Waals surface area contributed by atoms with Crippen LogP contribution in [0.25, 0.3) is 10.9 Å². The molecule has 2 N–H and O–H groups in total. The highest BCUT2D eigenvalue weighted by atomic mass is 16.5. The molecule has 0 radical (unpaired) electrons. The average molecular weight is 258 g/mol. The third kappa shape index (κ3) is 1.89. The number of carbonyl (C=O) groups is 1. The van der Waals surface area contributed by atoms with Gasteiger partial charge in [-0.15, -0.1) is 5.10 Å². The fourth-order valence-corrected chi connectivity index (χ4v) is 2.16. The maximum absolute atomic E-state index is 11.8. The van der Waals surface area contributed by atoms with E-state index in [1.54, 1.807) is 19.9 Å². The molecule has 0 saturated carbocycles. The predicted octanol–water partition coefficient (Wildman–Crippen LogP) is 2.11. The fourth-order valence-electron chi connectivity index (χ4n) is 2.16. The van der Waals surface area contributed by atoms with Gasteiger partial charge in [-0.3, -0.25) is 0 Å². The predicted molar refractivity (Wildman–Crippen MR) is 70.8 cm³/mol. The molecule has 0 aliphatic heterocycles. The lowest BCUT2D eigenvalue weighted by molar-refractivity contribution is 0.151. The van der Waals surface area contributed by atoms with Gasteiger partial charge >= 0.3 is 6.09 Å². The Morgan fingerprint density at radius 1 is 1.58 bits per heavy atom. The molecule has 0 aliphatic carbocycles. The van der Waals surface area contributed by atoms with Crippen molar-refractivity contribution < 1.29 is 9.53 Å². The molecular weight excluding hydrogens is 244 g/mol. The van der Waals surface area contributed by atoms with Crippen molar-refractivity contribution in [3.05, 3.63) is 22.8 Å². The lowest BCUT2D eigenvalue weighted by Gasteiger charge is -2.06. The molecular formula is C13H14N4O2. The molecule has 0 aliphatic rings. The largest absolute Gasteiger partial charge is 0.448 e. The summed E-state index contributed by atoms with van der Waals surface area (Å²) >= 11 is 0. The highest BCUT2D eigenvalue weighted by Gasteiger charge is 2.19. The smallest absolute Gasteiger partial charge is 0.435 e. The van der Waals surface area contributed by atoms with Crippen LogP contribution in [0.15, 0.2) is 6.07 Å². The molecule has 98 valence electrons. The van der Waals surface area contributed by atoms with E-state index in [4.69, 9.17) is 15.7 Å². The molecule has 0 spiro atoms. The van der Waals surface area contributed by atoms with Gasteiger partial charge in [0.1, 0.15) is 0 Å². The van der Waals surface area contributed by atoms with E-state index in [0.29, 0.717) is 16.5 Å². The summed E-state index contributed by atoms with van der Waals surface area (Å²) in [5.41, 5.74) is 8.46. The summed E-state index contributed by atoms with van der Waals surface area (Å²) in [4.78, 5) is 11.8. The van der Waals surface area contributed by atoms with Crippen LogP contribution in [0, 0.1) is 25.2 Å². The van der Waals surface area contributed by atoms with Crippen molar-refractivity contribution in [1.29, 1.82) is 5.26 Å². The number of nitrogens with zero attached hydrogens (tertiary/aromatic N) is 3. The van der Waals surface area contributed by atoms with Crippen molar-refractivity contribution in [2.75, 3.05) is 12.3 Å². The number of nitrogen functional groups attached to an aromatic ring is 1. The lowest BCUT2D eigenvalue weighted by Crippen LogP contribution is -2.15. The Balaban J connectivity index is 2.79. The summed E-state index contributed by atoms with van der Waals surface area (Å²) in [6.45, 7) is 5.58. The van der Waals surface area contributed by atoms with E-state index in [1.807, 2.05) is 6.92 Å². The third-order valence-corrected chi connectivity index (χ3v) is 3.00. The van der Waals surface area contributed by atoms with Crippen LogP contribution in [0.5, 0.6) is 0 Å². The number of nitrogens with two attached hydrogens (primary N) is 1. The van der Waals surface area contributed by atoms with Crippen molar-refractivity contribution in [1.82, 2.24) is 9.78 Å². The van der Waals surface area contributed by atoms with E-state index in [2.05, 4.69) is 11.2 Å². The molecule has 1 aromatic heterocycles. The average Bonchev–Trinajstić information content (AvgIpc) is 2.67. The van der Waals surface area contributed by atoms with Gasteiger partial charge in [-0.2, -0.15) is 9.94 Å². The van der Waals surface area contributed by atoms with Crippen LogP contribution in [0.4, 0.5) is 10.6 Å². The number of hydrogen-bond donors (Lipinski definition) is 1. The van der Waals surface area contributed by atoms with Gasteiger partial charge in [0.15, 0.2) is 5.82 Å². The summed E-state index contributed by atoms with van der Waals surface area (Å²) in [6.07, 6.45) is -0.576. The Morgan fingerprint density at radius 3 is 2.84 bits per heavy atom. The van der Waals surface area contributed by atoms with Crippen LogP contribution in [-0.4, -0.2) is 22.5 Å². The quantitative estimate of drug-likeness (QED) is 0.845. The van der Waals surface area contributed by atoms with Gasteiger partial charge in [0, 0.05) is 5.39 Å². The molecule has 6 heteroatoms. The molecule has 0 unspecified atom stereocenters. The standard InChI is InChI=1S/C13H14N4O2/c1-4-19-13(18)17-10-5-7(2)9(6-14)8(3)11(10)12(15)16-17/h5H,4H2,1-3H3,(H2,15,16). The number of fused-ring (bicyclic) bond motifs is 1. The number of aryl methyl sites for hydroxylation is 2. The SMILES string of the molecule is CCOC(=O)n1nc(N)c2c(C)c(C#N)c(C)cc21. The van der Waals surface area contributed by atoms with Gasteiger partial charge in [0.2, 0.25) is 0 Å². The van der Waals surface area contributed by atoms with Gasteiger partial charge in [-0.05, 0) is 38.0 Å². The van der Waals surface area contributed by atoms with Gasteiger partial charge in [0.25, 0.3) is 0 Å². The first-order valence-electron chi connectivity index (χ1n) is 5.86. The Bertz CT molecular complexity index is 710. The maximum atomic E-state index is 11.8. The molecule has 2 rings (SSSR count). The first kappa shape index (κ1) is 12.9. The van der Waals surface area contributed by atoms with Crippen LogP contribution in [0.2, 0.25) is 0 Å². The summed E-state index contributed by atoms with van der Waals surface area (Å²) in [5.74, 6) is 0.219. The van der Waals surface area contributed by atoms with Crippen molar-refractivity contribution in [2.45, 2.75) is 20.8 Å². The first-order valence-corrected chi connectivity index (χ1v) is 5.86. The second kappa shape index (κ2) is 4.61. The van der Waals surface area contributed by atoms with Crippen molar-refractivity contribution in [2.24, 2.45) is 0 Å². The fraction of sp³-hybridized carbons (Fsp3) is 0.308. The zero-order valence-corrected chi connectivity index (χ0v) is 11.0. The van der Waals surface area contributed by atoms with E-state index in [1.165, 1.54) is 0 Å². The molecule has 0 saturated heterocycles. The monoisotopic (exact) mass is 258 g/mol. The Kier molecular flexibility index (Phi) is 3.13. The molecule has 1 heterocycles. The minimum Gasteiger partial charge on any atom is -0.448 e. The number of nitriles is 1. The first-order chi connectivity index (χ1) is 9.01. The topological polar surface area (TPSA) is 93.9 Å². The summed E-state index contributed by atoms with van der Waals surface area (Å²) in [7, 11) is 0. The number of hydrogen-bond acceptors (Lipinski definition) is 5. The highest BCUT2D eigenvalue weighted by Crippen LogP contribution is 2.29. The van der Waals surface area contributed by atoms with Crippen LogP contribution < -0.4 is 5.73 Å². The summed E-state index contributed by atoms with van der Waals surface area (Å²) in [5, 5.41) is 13.8. The van der Waals surface area contributed by atoms with E-state index < -0.39 is 6.09 Å². The van der Waals surface area contributed by atoms with E-state index in [0.717, 1.165) is 15.8 Å². The lowest BCUT2D eigenvalue weighted by atomic mass is 10.00. The summed E-state index contributed by atoms with van der Waals surface area (Å²) in [6, 6.07) is 3.86. The minimum absolute atomic E-state index is 0.219. The highest BCUT2D eigenvalue weighted by molar-refractivity contribution is 5.98. The third-order valence-electron chi connectivity index (χ3n) is 3.00. The second-order valence-corrected chi connectivity index (χ2v) is 4.20. The molecule has 2 aromatic rings. The Hall–Kier alpha value is -2.55. The Morgan fingerprint density at radius 2 is 2.26 bits per heavy atom. The molecule has 19 heavy (non-hydrogen) atoms. The number of rotatable bonds is 1. The van der Waals surface area contributed by atoms with Gasteiger partial charge in [0.05, 0.1) is 23.8 Å². The van der Waals surface area contributed by atoms with Crippen LogP contribution >= 0.6 is 0 Å². The number of benzene rings is 1. The van der Waals surface area contributed by atoms with Gasteiger partial charge in [-0.25, -0.2) is 4.79 Å². The van der Waals surface area contributed by atoms with Crippen LogP contribution in [-0.2, 0) is 4.74 Å². The van der Waals surface area contributed by atoms with E-state index >= 15 is 0 Å². The van der Waals surface area contributed by atoms with Crippen molar-refractivity contribution >= 4 is 22.8 Å². The van der Waals surface area contributed by atoms with Crippen LogP contribution in [0.1, 0.15) is 23.6 Å². The zero-order chi connectivity index (χ0) is 14.2. The van der Waals surface area contributed by atoms with E-state index in [-0.39, 0.29) is 12.4 Å². The normalized spacial score (nSPS) is 10.4. The molecule has 6 nitrogen and oxygen atoms in total. The van der Waals surface area contributed by atoms with E-state index in [9.17, 15) is 4.79 Å². The van der Waals surface area contributed by atoms with Gasteiger partial charge in [-0.1, -0.05) is 0 Å². The van der Waals surface area contributed by atoms with Crippen molar-refractivity contribution in [3.8, 4) is 6.07 Å². The van der Waals surface area contributed by atoms with Gasteiger partial charge < -0.3 is 10.5 Å². The van der Waals surface area contributed by atoms with Crippen molar-refractivity contribution in [3.63, 3.8) is 0 Å². The molecule has 1 aromatic carbocycles. The maximum Gasteiger partial charge on any atom is 0.435 e. The molecule has 0 atom stereocenters. The number of anilines is 1. The second-order valence-electron chi connectivity index (χ2n) is 4.20. The Labute approximate surface area is 110 Å². The number of ether oxygens (including phenoxy) is 1. The molecule has 0 fully saturated rings. The van der Waals surface area contributed by atoms with Crippen LogP contribution in [0.3, 0.4) is 0 Å². The number of carbonyl (C=O) groups excluding carboxylic acids is 1. The number of aromatic nitrogens is 2. The summed E-state index contributed by atoms with van der Waals surface area (Å²) < 4.78 is 6.06. The zero-order valence-electron chi connectivity index (χ0n) is 11.0. The minimum atomic E-state index is -0.576. The molecule has 0 bridgehead atoms.